The molecular formula is C16H19N3O3. The number of aromatic nitrogens is 2. The Balaban J connectivity index is 2.41. The molecule has 0 unspecified atom stereocenters. The third kappa shape index (κ3) is 2.64. The minimum Gasteiger partial charge on any atom is -0.292 e. The van der Waals surface area contributed by atoms with Gasteiger partial charge in [-0.05, 0) is 51.8 Å². The van der Waals surface area contributed by atoms with Crippen molar-refractivity contribution < 1.29 is 9.72 Å². The molecule has 1 atom stereocenters. The second kappa shape index (κ2) is 5.71. The Kier molecular flexibility index (Phi) is 4.12. The minimum atomic E-state index is -0.588. The third-order valence-electron chi connectivity index (χ3n) is 4.01. The number of nitrogens with zero attached hydrogens (tertiary/aromatic N) is 3. The van der Waals surface area contributed by atoms with Crippen LogP contribution in [0.1, 0.15) is 45.8 Å². The first-order valence-corrected chi connectivity index (χ1v) is 7.05. The number of ketones is 1. The van der Waals surface area contributed by atoms with Crippen LogP contribution in [0.5, 0.6) is 0 Å². The average Bonchev–Trinajstić information content (AvgIpc) is 2.75. The molecule has 0 spiro atoms. The first-order valence-electron chi connectivity index (χ1n) is 7.05. The van der Waals surface area contributed by atoms with E-state index >= 15 is 0 Å². The van der Waals surface area contributed by atoms with Crippen LogP contribution in [0, 0.1) is 37.8 Å². The van der Waals surface area contributed by atoms with Crippen molar-refractivity contribution in [3.05, 3.63) is 56.4 Å². The molecule has 0 aliphatic heterocycles. The summed E-state index contributed by atoms with van der Waals surface area (Å²) >= 11 is 0. The summed E-state index contributed by atoms with van der Waals surface area (Å²) in [6.07, 6.45) is 0. The maximum absolute atomic E-state index is 12.6. The van der Waals surface area contributed by atoms with Gasteiger partial charge in [0.25, 0.3) is 0 Å². The van der Waals surface area contributed by atoms with Gasteiger partial charge in [0.1, 0.15) is 17.4 Å². The lowest BCUT2D eigenvalue weighted by Crippen LogP contribution is -2.19. The van der Waals surface area contributed by atoms with Crippen LogP contribution in [0.2, 0.25) is 0 Å². The second-order valence-corrected chi connectivity index (χ2v) is 5.56. The quantitative estimate of drug-likeness (QED) is 0.492. The van der Waals surface area contributed by atoms with E-state index in [9.17, 15) is 14.9 Å². The maximum atomic E-state index is 12.6. The Hall–Kier alpha value is -2.50. The van der Waals surface area contributed by atoms with Crippen molar-refractivity contribution in [2.24, 2.45) is 0 Å². The van der Waals surface area contributed by atoms with Crippen molar-refractivity contribution in [3.8, 4) is 0 Å². The van der Waals surface area contributed by atoms with Crippen molar-refractivity contribution >= 4 is 11.5 Å². The number of hydrogen-bond acceptors (Lipinski definition) is 4. The fourth-order valence-electron chi connectivity index (χ4n) is 2.54. The van der Waals surface area contributed by atoms with Gasteiger partial charge in [0.15, 0.2) is 5.78 Å². The van der Waals surface area contributed by atoms with E-state index in [0.717, 1.165) is 11.1 Å². The smallest absolute Gasteiger partial charge is 0.292 e. The van der Waals surface area contributed by atoms with E-state index in [0.29, 0.717) is 17.0 Å². The van der Waals surface area contributed by atoms with Crippen LogP contribution in [0.15, 0.2) is 18.2 Å². The number of carbonyl (C=O) groups excluding carboxylic acids is 1. The zero-order valence-electron chi connectivity index (χ0n) is 13.4. The Morgan fingerprint density at radius 3 is 2.36 bits per heavy atom. The molecule has 1 aromatic heterocycles. The summed E-state index contributed by atoms with van der Waals surface area (Å²) in [6, 6.07) is 4.93. The molecule has 0 N–H and O–H groups in total. The summed E-state index contributed by atoms with van der Waals surface area (Å²) in [5.74, 6) is -0.108. The minimum absolute atomic E-state index is 0.0280. The van der Waals surface area contributed by atoms with E-state index in [2.05, 4.69) is 5.10 Å². The van der Waals surface area contributed by atoms with Gasteiger partial charge in [-0.15, -0.1) is 0 Å². The zero-order chi connectivity index (χ0) is 16.6. The van der Waals surface area contributed by atoms with E-state index in [1.165, 1.54) is 4.68 Å². The number of hydrogen-bond donors (Lipinski definition) is 0. The highest BCUT2D eigenvalue weighted by atomic mass is 16.6. The van der Waals surface area contributed by atoms with Crippen LogP contribution < -0.4 is 0 Å². The van der Waals surface area contributed by atoms with Gasteiger partial charge >= 0.3 is 5.69 Å². The predicted molar refractivity (Wildman–Crippen MR) is 83.3 cm³/mol. The molecule has 0 saturated carbocycles. The molecule has 2 aromatic rings. The molecule has 0 amide bonds. The van der Waals surface area contributed by atoms with Crippen molar-refractivity contribution in [1.82, 2.24) is 9.78 Å². The van der Waals surface area contributed by atoms with Crippen molar-refractivity contribution in [2.45, 2.75) is 40.7 Å². The second-order valence-electron chi connectivity index (χ2n) is 5.56. The summed E-state index contributed by atoms with van der Waals surface area (Å²) in [7, 11) is 0. The van der Waals surface area contributed by atoms with Crippen molar-refractivity contribution in [2.75, 3.05) is 0 Å². The predicted octanol–water partition coefficient (Wildman–Crippen LogP) is 3.47. The molecule has 116 valence electrons. The highest BCUT2D eigenvalue weighted by molar-refractivity contribution is 5.99. The lowest BCUT2D eigenvalue weighted by Gasteiger charge is -2.13. The largest absolute Gasteiger partial charge is 0.312 e. The normalized spacial score (nSPS) is 12.2. The molecule has 6 nitrogen and oxygen atoms in total. The molecule has 0 aliphatic rings. The van der Waals surface area contributed by atoms with Crippen molar-refractivity contribution in [3.63, 3.8) is 0 Å². The fourth-order valence-corrected chi connectivity index (χ4v) is 2.54. The molecule has 22 heavy (non-hydrogen) atoms. The molecule has 0 saturated heterocycles. The lowest BCUT2D eigenvalue weighted by atomic mass is 10.0. The first kappa shape index (κ1) is 15.9. The van der Waals surface area contributed by atoms with Crippen molar-refractivity contribution in [1.29, 1.82) is 0 Å². The summed E-state index contributed by atoms with van der Waals surface area (Å²) in [5.41, 5.74) is 3.43. The van der Waals surface area contributed by atoms with Crippen LogP contribution in [-0.2, 0) is 0 Å². The molecule has 6 heteroatoms. The van der Waals surface area contributed by atoms with Crippen LogP contribution in [0.3, 0.4) is 0 Å². The highest BCUT2D eigenvalue weighted by Crippen LogP contribution is 2.26. The van der Waals surface area contributed by atoms with Gasteiger partial charge in [-0.2, -0.15) is 5.10 Å². The average molecular weight is 301 g/mol. The van der Waals surface area contributed by atoms with Gasteiger partial charge in [-0.3, -0.25) is 19.6 Å². The van der Waals surface area contributed by atoms with E-state index in [1.807, 2.05) is 26.0 Å². The van der Waals surface area contributed by atoms with E-state index in [1.54, 1.807) is 26.8 Å². The van der Waals surface area contributed by atoms with Crippen LogP contribution in [0.4, 0.5) is 5.69 Å². The number of aryl methyl sites for hydroxylation is 3. The third-order valence-corrected chi connectivity index (χ3v) is 4.01. The van der Waals surface area contributed by atoms with Crippen LogP contribution >= 0.6 is 0 Å². The Bertz CT molecular complexity index is 762. The SMILES string of the molecule is Cc1ccc(C(=O)[C@@H](C)n2nc(C)c([N+](=O)[O-])c2C)cc1C. The number of carbonyl (C=O) groups is 1. The van der Waals surface area contributed by atoms with Gasteiger partial charge in [0.05, 0.1) is 4.92 Å². The molecule has 0 bridgehead atoms. The highest BCUT2D eigenvalue weighted by Gasteiger charge is 2.27. The Morgan fingerprint density at radius 1 is 1.23 bits per heavy atom. The molecule has 0 fully saturated rings. The Labute approximate surface area is 128 Å². The van der Waals surface area contributed by atoms with Gasteiger partial charge in [-0.1, -0.05) is 12.1 Å². The number of Topliss-reactive ketones (excluding diaryl/α,β-unsaturated/α-hetero) is 1. The Morgan fingerprint density at radius 2 is 1.86 bits per heavy atom. The summed E-state index contributed by atoms with van der Waals surface area (Å²) in [6.45, 7) is 8.83. The van der Waals surface area contributed by atoms with E-state index in [-0.39, 0.29) is 11.5 Å². The standard InChI is InChI=1S/C16H19N3O3/c1-9-6-7-14(8-10(9)2)16(20)13(5)18-12(4)15(19(21)22)11(3)17-18/h6-8,13H,1-5H3/t13-/m1/s1. The molecule has 1 aromatic carbocycles. The van der Waals surface area contributed by atoms with Gasteiger partial charge in [-0.25, -0.2) is 0 Å². The lowest BCUT2D eigenvalue weighted by molar-refractivity contribution is -0.386. The maximum Gasteiger partial charge on any atom is 0.312 e. The van der Waals surface area contributed by atoms with E-state index in [4.69, 9.17) is 0 Å². The molecule has 0 aliphatic carbocycles. The molecule has 0 radical (unpaired) electrons. The van der Waals surface area contributed by atoms with Gasteiger partial charge in [0.2, 0.25) is 0 Å². The van der Waals surface area contributed by atoms with Crippen LogP contribution in [-0.4, -0.2) is 20.5 Å². The monoisotopic (exact) mass is 301 g/mol. The number of nitro groups is 1. The summed E-state index contributed by atoms with van der Waals surface area (Å²) in [4.78, 5) is 23.2. The zero-order valence-corrected chi connectivity index (χ0v) is 13.4. The molecule has 1 heterocycles. The fraction of sp³-hybridized carbons (Fsp3) is 0.375. The van der Waals surface area contributed by atoms with E-state index < -0.39 is 11.0 Å². The number of rotatable bonds is 4. The topological polar surface area (TPSA) is 78.0 Å². The van der Waals surface area contributed by atoms with Gasteiger partial charge < -0.3 is 0 Å². The summed E-state index contributed by atoms with van der Waals surface area (Å²) in [5, 5.41) is 15.2. The molecular weight excluding hydrogens is 282 g/mol. The summed E-state index contributed by atoms with van der Waals surface area (Å²) < 4.78 is 1.44. The first-order chi connectivity index (χ1) is 10.2. The van der Waals surface area contributed by atoms with Gasteiger partial charge in [0, 0.05) is 5.56 Å². The van der Waals surface area contributed by atoms with Crippen LogP contribution in [0.25, 0.3) is 0 Å². The molecule has 2 rings (SSSR count). The number of benzene rings is 1.